The molecule has 0 bridgehead atoms. The maximum Gasteiger partial charge on any atom is 0.256 e. The lowest BCUT2D eigenvalue weighted by Crippen LogP contribution is -2.08. The van der Waals surface area contributed by atoms with Gasteiger partial charge in [0.15, 0.2) is 5.65 Å². The molecule has 0 saturated carbocycles. The first-order valence-electron chi connectivity index (χ1n) is 4.24. The number of hydrogen-bond acceptors (Lipinski definition) is 2. The molecule has 0 aliphatic carbocycles. The first-order chi connectivity index (χ1) is 6.68. The Hall–Kier alpha value is -1.52. The van der Waals surface area contributed by atoms with E-state index in [9.17, 15) is 8.78 Å². The molecule has 2 rings (SSSR count). The second kappa shape index (κ2) is 3.32. The Morgan fingerprint density at radius 1 is 1.50 bits per heavy atom. The van der Waals surface area contributed by atoms with Crippen molar-refractivity contribution >= 4 is 11.2 Å². The maximum absolute atomic E-state index is 12.2. The number of imidazole rings is 1. The van der Waals surface area contributed by atoms with Crippen LogP contribution in [0.5, 0.6) is 0 Å². The van der Waals surface area contributed by atoms with E-state index in [1.165, 1.54) is 4.57 Å². The van der Waals surface area contributed by atoms with Crippen LogP contribution >= 0.6 is 0 Å². The fourth-order valence-corrected chi connectivity index (χ4v) is 1.43. The molecule has 0 aromatic carbocycles. The number of aromatic nitrogens is 3. The highest BCUT2D eigenvalue weighted by Gasteiger charge is 2.11. The zero-order chi connectivity index (χ0) is 10.1. The molecule has 0 aliphatic rings. The van der Waals surface area contributed by atoms with Gasteiger partial charge in [-0.15, -0.1) is 0 Å². The van der Waals surface area contributed by atoms with E-state index in [1.807, 2.05) is 0 Å². The van der Waals surface area contributed by atoms with Gasteiger partial charge in [0.1, 0.15) is 11.3 Å². The Morgan fingerprint density at radius 2 is 2.29 bits per heavy atom. The van der Waals surface area contributed by atoms with Crippen molar-refractivity contribution in [2.24, 2.45) is 0 Å². The van der Waals surface area contributed by atoms with Crippen molar-refractivity contribution in [2.75, 3.05) is 0 Å². The summed E-state index contributed by atoms with van der Waals surface area (Å²) in [5.41, 5.74) is 1.18. The van der Waals surface area contributed by atoms with E-state index in [4.69, 9.17) is 0 Å². The van der Waals surface area contributed by atoms with Crippen molar-refractivity contribution in [3.05, 3.63) is 24.2 Å². The Kier molecular flexibility index (Phi) is 2.15. The number of halogens is 2. The molecule has 14 heavy (non-hydrogen) atoms. The van der Waals surface area contributed by atoms with Crippen LogP contribution in [0.25, 0.3) is 11.2 Å². The molecule has 2 aromatic rings. The summed E-state index contributed by atoms with van der Waals surface area (Å²) in [5, 5.41) is 0. The van der Waals surface area contributed by atoms with Gasteiger partial charge in [0.2, 0.25) is 0 Å². The van der Waals surface area contributed by atoms with E-state index in [-0.39, 0.29) is 6.54 Å². The van der Waals surface area contributed by atoms with Crippen LogP contribution in [0.4, 0.5) is 8.78 Å². The van der Waals surface area contributed by atoms with E-state index in [0.717, 1.165) is 0 Å². The van der Waals surface area contributed by atoms with Crippen LogP contribution in [0.15, 0.2) is 18.3 Å². The molecule has 0 saturated heterocycles. The third kappa shape index (κ3) is 1.45. The van der Waals surface area contributed by atoms with Crippen molar-refractivity contribution in [3.63, 3.8) is 0 Å². The van der Waals surface area contributed by atoms with Gasteiger partial charge in [-0.3, -0.25) is 0 Å². The molecule has 0 atom stereocenters. The van der Waals surface area contributed by atoms with E-state index in [0.29, 0.717) is 17.0 Å². The van der Waals surface area contributed by atoms with Gasteiger partial charge in [-0.05, 0) is 19.1 Å². The third-order valence-electron chi connectivity index (χ3n) is 2.02. The smallest absolute Gasteiger partial charge is 0.256 e. The Balaban J connectivity index is 2.56. The molecule has 74 valence electrons. The van der Waals surface area contributed by atoms with Crippen molar-refractivity contribution < 1.29 is 8.78 Å². The van der Waals surface area contributed by atoms with E-state index < -0.39 is 6.43 Å². The molecule has 0 N–H and O–H groups in total. The standard InChI is InChI=1S/C9H9F2N3/c1-6-13-7-3-2-4-12-9(7)14(6)5-8(10)11/h2-4,8H,5H2,1H3. The first kappa shape index (κ1) is 9.05. The molecule has 2 aromatic heterocycles. The first-order valence-corrected chi connectivity index (χ1v) is 4.24. The molecule has 0 spiro atoms. The number of hydrogen-bond donors (Lipinski definition) is 0. The summed E-state index contributed by atoms with van der Waals surface area (Å²) in [4.78, 5) is 8.16. The average molecular weight is 197 g/mol. The number of pyridine rings is 1. The fourth-order valence-electron chi connectivity index (χ4n) is 1.43. The number of rotatable bonds is 2. The van der Waals surface area contributed by atoms with Crippen LogP contribution in [-0.4, -0.2) is 21.0 Å². The molecule has 0 aliphatic heterocycles. The van der Waals surface area contributed by atoms with E-state index in [2.05, 4.69) is 9.97 Å². The average Bonchev–Trinajstić information content (AvgIpc) is 2.43. The Morgan fingerprint density at radius 3 is 3.00 bits per heavy atom. The predicted octanol–water partition coefficient (Wildman–Crippen LogP) is 2.00. The zero-order valence-electron chi connectivity index (χ0n) is 7.61. The zero-order valence-corrected chi connectivity index (χ0v) is 7.61. The molecule has 0 amide bonds. The van der Waals surface area contributed by atoms with Gasteiger partial charge in [-0.25, -0.2) is 18.7 Å². The van der Waals surface area contributed by atoms with Gasteiger partial charge in [0.05, 0.1) is 6.54 Å². The van der Waals surface area contributed by atoms with Gasteiger partial charge in [-0.1, -0.05) is 0 Å². The SMILES string of the molecule is Cc1nc2cccnc2n1CC(F)F. The number of alkyl halides is 2. The summed E-state index contributed by atoms with van der Waals surface area (Å²) in [6.07, 6.45) is -0.807. The molecule has 0 unspecified atom stereocenters. The molecular formula is C9H9F2N3. The highest BCUT2D eigenvalue weighted by molar-refractivity contribution is 5.70. The molecular weight excluding hydrogens is 188 g/mol. The number of fused-ring (bicyclic) bond motifs is 1. The maximum atomic E-state index is 12.2. The van der Waals surface area contributed by atoms with E-state index in [1.54, 1.807) is 25.3 Å². The van der Waals surface area contributed by atoms with Crippen molar-refractivity contribution in [2.45, 2.75) is 19.9 Å². The lowest BCUT2D eigenvalue weighted by atomic mass is 10.4. The molecule has 2 heterocycles. The topological polar surface area (TPSA) is 30.7 Å². The van der Waals surface area contributed by atoms with Crippen LogP contribution in [0.3, 0.4) is 0 Å². The summed E-state index contributed by atoms with van der Waals surface area (Å²) < 4.78 is 25.9. The minimum absolute atomic E-state index is 0.348. The van der Waals surface area contributed by atoms with Crippen LogP contribution in [-0.2, 0) is 6.54 Å². The molecule has 0 fully saturated rings. The minimum atomic E-state index is -2.38. The second-order valence-electron chi connectivity index (χ2n) is 3.01. The Labute approximate surface area is 79.4 Å². The lowest BCUT2D eigenvalue weighted by Gasteiger charge is -2.03. The summed E-state index contributed by atoms with van der Waals surface area (Å²) >= 11 is 0. The largest absolute Gasteiger partial charge is 0.307 e. The van der Waals surface area contributed by atoms with Crippen molar-refractivity contribution in [3.8, 4) is 0 Å². The fraction of sp³-hybridized carbons (Fsp3) is 0.333. The summed E-state index contributed by atoms with van der Waals surface area (Å²) in [6.45, 7) is 1.35. The Bertz CT molecular complexity index is 450. The van der Waals surface area contributed by atoms with Crippen molar-refractivity contribution in [1.82, 2.24) is 14.5 Å². The summed E-state index contributed by atoms with van der Waals surface area (Å²) in [6, 6.07) is 3.50. The van der Waals surface area contributed by atoms with Crippen LogP contribution in [0.1, 0.15) is 5.82 Å². The molecule has 3 nitrogen and oxygen atoms in total. The predicted molar refractivity (Wildman–Crippen MR) is 48.3 cm³/mol. The summed E-state index contributed by atoms with van der Waals surface area (Å²) in [5.74, 6) is 0.569. The molecule has 0 radical (unpaired) electrons. The van der Waals surface area contributed by atoms with E-state index >= 15 is 0 Å². The van der Waals surface area contributed by atoms with Gasteiger partial charge in [0.25, 0.3) is 6.43 Å². The monoisotopic (exact) mass is 197 g/mol. The molecule has 5 heteroatoms. The lowest BCUT2D eigenvalue weighted by molar-refractivity contribution is 0.127. The second-order valence-corrected chi connectivity index (χ2v) is 3.01. The minimum Gasteiger partial charge on any atom is -0.307 e. The normalized spacial score (nSPS) is 11.4. The van der Waals surface area contributed by atoms with Crippen LogP contribution < -0.4 is 0 Å². The number of aryl methyl sites for hydroxylation is 1. The van der Waals surface area contributed by atoms with Crippen LogP contribution in [0.2, 0.25) is 0 Å². The summed E-state index contributed by atoms with van der Waals surface area (Å²) in [7, 11) is 0. The third-order valence-corrected chi connectivity index (χ3v) is 2.02. The highest BCUT2D eigenvalue weighted by atomic mass is 19.3. The number of nitrogens with zero attached hydrogens (tertiary/aromatic N) is 3. The van der Waals surface area contributed by atoms with Gasteiger partial charge < -0.3 is 4.57 Å². The van der Waals surface area contributed by atoms with Crippen LogP contribution in [0, 0.1) is 6.92 Å². The quantitative estimate of drug-likeness (QED) is 0.737. The van der Waals surface area contributed by atoms with Crippen molar-refractivity contribution in [1.29, 1.82) is 0 Å². The highest BCUT2D eigenvalue weighted by Crippen LogP contribution is 2.14. The van der Waals surface area contributed by atoms with Gasteiger partial charge in [0, 0.05) is 6.20 Å². The van der Waals surface area contributed by atoms with Gasteiger partial charge in [-0.2, -0.15) is 0 Å². The van der Waals surface area contributed by atoms with Gasteiger partial charge >= 0.3 is 0 Å².